The van der Waals surface area contributed by atoms with Gasteiger partial charge in [0.25, 0.3) is 5.91 Å². The standard InChI is InChI=1S/C46H47NO14/c1-24-31(59-43(55)38(52)36(27-15-9-6-10-16-27)47-41(53)28-17-11-7-12-18-28)22-46(56)40(60-42(54)29-19-13-8-14-20-29)35-33(30(50)21-32-45(35,23-57-32)61-26(3)49)37(51)39(58-25(2)48)34(24)44(46,4)5/h6-20,31-32,35-36,38-40,50,52,56H,21-23H2,1-5H3,(H,47,53)/t31-,32?,35?,36?,38+,39+,40-,45-,46+/m0/s1. The zero-order chi connectivity index (χ0) is 44.0. The number of nitrogens with one attached hydrogen (secondary N) is 1. The van der Waals surface area contributed by atoms with Crippen molar-refractivity contribution in [3.05, 3.63) is 130 Å². The number of Topliss-reactive ketones (excluding diaryl/α,β-unsaturated/α-hetero) is 1. The van der Waals surface area contributed by atoms with Crippen LogP contribution in [0.25, 0.3) is 0 Å². The summed E-state index contributed by atoms with van der Waals surface area (Å²) in [6.45, 7) is 6.46. The number of fused-ring (bicyclic) bond motifs is 5. The maximum atomic E-state index is 15.1. The van der Waals surface area contributed by atoms with E-state index >= 15 is 4.79 Å². The molecular formula is C46H47NO14. The Morgan fingerprint density at radius 2 is 1.43 bits per heavy atom. The van der Waals surface area contributed by atoms with Gasteiger partial charge in [-0.25, -0.2) is 9.59 Å². The molecule has 1 heterocycles. The van der Waals surface area contributed by atoms with E-state index in [9.17, 15) is 39.3 Å². The Morgan fingerprint density at radius 3 is 1.98 bits per heavy atom. The Hall–Kier alpha value is -6.16. The van der Waals surface area contributed by atoms with Crippen LogP contribution in [-0.4, -0.2) is 99.2 Å². The summed E-state index contributed by atoms with van der Waals surface area (Å²) in [4.78, 5) is 82.6. The van der Waals surface area contributed by atoms with Crippen molar-refractivity contribution < 1.29 is 67.8 Å². The van der Waals surface area contributed by atoms with Crippen molar-refractivity contribution >= 4 is 35.6 Å². The molecule has 7 rings (SSSR count). The number of esters is 4. The number of aliphatic hydroxyl groups excluding tert-OH is 2. The predicted octanol–water partition coefficient (Wildman–Crippen LogP) is 4.18. The molecule has 2 bridgehead atoms. The molecule has 1 saturated carbocycles. The third-order valence-electron chi connectivity index (χ3n) is 12.4. The van der Waals surface area contributed by atoms with Crippen LogP contribution in [-0.2, 0) is 42.9 Å². The number of carbonyl (C=O) groups is 6. The van der Waals surface area contributed by atoms with E-state index < -0.39 is 112 Å². The number of hydrogen-bond acceptors (Lipinski definition) is 14. The number of carbonyl (C=O) groups excluding carboxylic acids is 6. The number of rotatable bonds is 10. The second kappa shape index (κ2) is 16.4. The number of ether oxygens (including phenoxy) is 5. The summed E-state index contributed by atoms with van der Waals surface area (Å²) in [5, 5.41) is 39.7. The van der Waals surface area contributed by atoms with E-state index in [1.807, 2.05) is 0 Å². The van der Waals surface area contributed by atoms with Gasteiger partial charge in [0.15, 0.2) is 17.8 Å². The van der Waals surface area contributed by atoms with E-state index in [-0.39, 0.29) is 35.3 Å². The molecule has 320 valence electrons. The normalized spacial score (nSPS) is 28.6. The number of ketones is 1. The summed E-state index contributed by atoms with van der Waals surface area (Å²) in [6.07, 6.45) is -9.15. The molecule has 0 aromatic heterocycles. The van der Waals surface area contributed by atoms with Gasteiger partial charge in [-0.15, -0.1) is 0 Å². The fourth-order valence-corrected chi connectivity index (χ4v) is 9.37. The summed E-state index contributed by atoms with van der Waals surface area (Å²) in [6, 6.07) is 22.8. The van der Waals surface area contributed by atoms with Gasteiger partial charge in [0, 0.05) is 43.2 Å². The minimum absolute atomic E-state index is 0.0289. The third-order valence-corrected chi connectivity index (χ3v) is 12.4. The number of amides is 1. The van der Waals surface area contributed by atoms with E-state index in [1.165, 1.54) is 19.1 Å². The fraction of sp³-hybridized carbons (Fsp3) is 0.391. The van der Waals surface area contributed by atoms with Crippen molar-refractivity contribution in [2.24, 2.45) is 11.3 Å². The van der Waals surface area contributed by atoms with E-state index in [2.05, 4.69) is 5.32 Å². The molecule has 4 aliphatic rings. The topological polar surface area (TPSA) is 221 Å². The van der Waals surface area contributed by atoms with Crippen LogP contribution in [0.3, 0.4) is 0 Å². The number of hydrogen-bond donors (Lipinski definition) is 4. The van der Waals surface area contributed by atoms with Crippen LogP contribution in [0.4, 0.5) is 0 Å². The lowest BCUT2D eigenvalue weighted by Gasteiger charge is -2.62. The summed E-state index contributed by atoms with van der Waals surface area (Å²) < 4.78 is 29.9. The molecule has 3 aromatic rings. The van der Waals surface area contributed by atoms with Crippen molar-refractivity contribution in [2.75, 3.05) is 6.61 Å². The van der Waals surface area contributed by atoms with Gasteiger partial charge < -0.3 is 44.3 Å². The monoisotopic (exact) mass is 837 g/mol. The average Bonchev–Trinajstić information content (AvgIpc) is 3.22. The van der Waals surface area contributed by atoms with Gasteiger partial charge in [-0.3, -0.25) is 19.2 Å². The molecule has 61 heavy (non-hydrogen) atoms. The molecule has 3 aromatic carbocycles. The maximum Gasteiger partial charge on any atom is 0.338 e. The highest BCUT2D eigenvalue weighted by Gasteiger charge is 2.73. The molecule has 1 saturated heterocycles. The van der Waals surface area contributed by atoms with Crippen molar-refractivity contribution in [1.29, 1.82) is 0 Å². The van der Waals surface area contributed by atoms with Gasteiger partial charge in [0.05, 0.1) is 24.1 Å². The fourth-order valence-electron chi connectivity index (χ4n) is 9.37. The van der Waals surface area contributed by atoms with E-state index in [1.54, 1.807) is 92.7 Å². The lowest BCUT2D eigenvalue weighted by Crippen LogP contribution is -2.76. The first-order chi connectivity index (χ1) is 28.9. The second-order valence-corrected chi connectivity index (χ2v) is 16.4. The molecule has 0 spiro atoms. The lowest BCUT2D eigenvalue weighted by molar-refractivity contribution is -0.299. The number of aliphatic hydroxyl groups is 3. The second-order valence-electron chi connectivity index (χ2n) is 16.4. The zero-order valence-electron chi connectivity index (χ0n) is 34.2. The summed E-state index contributed by atoms with van der Waals surface area (Å²) in [5.74, 6) is -7.59. The first kappa shape index (κ1) is 42.9. The zero-order valence-corrected chi connectivity index (χ0v) is 34.2. The Balaban J connectivity index is 1.37. The van der Waals surface area contributed by atoms with Crippen molar-refractivity contribution in [2.45, 2.75) is 95.2 Å². The smallest absolute Gasteiger partial charge is 0.338 e. The van der Waals surface area contributed by atoms with Gasteiger partial charge in [-0.2, -0.15) is 0 Å². The minimum atomic E-state index is -2.40. The van der Waals surface area contributed by atoms with Gasteiger partial charge in [-0.1, -0.05) is 80.6 Å². The van der Waals surface area contributed by atoms with Gasteiger partial charge in [-0.05, 0) is 47.9 Å². The molecule has 1 amide bonds. The molecule has 15 heteroatoms. The molecule has 0 radical (unpaired) electrons. The molecule has 3 unspecified atom stereocenters. The average molecular weight is 838 g/mol. The van der Waals surface area contributed by atoms with Crippen LogP contribution >= 0.6 is 0 Å². The summed E-state index contributed by atoms with van der Waals surface area (Å²) in [7, 11) is 0. The largest absolute Gasteiger partial charge is 0.512 e. The Morgan fingerprint density at radius 1 is 0.836 bits per heavy atom. The van der Waals surface area contributed by atoms with Gasteiger partial charge >= 0.3 is 23.9 Å². The third kappa shape index (κ3) is 7.51. The predicted molar refractivity (Wildman–Crippen MR) is 213 cm³/mol. The van der Waals surface area contributed by atoms with Crippen LogP contribution in [0.5, 0.6) is 0 Å². The maximum absolute atomic E-state index is 15.1. The van der Waals surface area contributed by atoms with E-state index in [0.717, 1.165) is 13.8 Å². The lowest BCUT2D eigenvalue weighted by atomic mass is 9.51. The van der Waals surface area contributed by atoms with Crippen LogP contribution < -0.4 is 5.32 Å². The van der Waals surface area contributed by atoms with Gasteiger partial charge in [0.1, 0.15) is 29.7 Å². The molecule has 3 aliphatic carbocycles. The first-order valence-corrected chi connectivity index (χ1v) is 19.8. The highest BCUT2D eigenvalue weighted by molar-refractivity contribution is 6.04. The highest BCUT2D eigenvalue weighted by atomic mass is 16.6. The van der Waals surface area contributed by atoms with E-state index in [0.29, 0.717) is 5.56 Å². The quantitative estimate of drug-likeness (QED) is 0.128. The Kier molecular flexibility index (Phi) is 11.5. The van der Waals surface area contributed by atoms with E-state index in [4.69, 9.17) is 23.7 Å². The summed E-state index contributed by atoms with van der Waals surface area (Å²) in [5.41, 5.74) is -5.47. The first-order valence-electron chi connectivity index (χ1n) is 19.8. The molecule has 9 atom stereocenters. The van der Waals surface area contributed by atoms with Crippen molar-refractivity contribution in [1.82, 2.24) is 5.32 Å². The van der Waals surface area contributed by atoms with Crippen molar-refractivity contribution in [3.8, 4) is 0 Å². The SMILES string of the molecule is CC(=O)O[C@H]1C(=O)C2=C(O)CC3OC[C@@]3(OC(C)=O)C2[C@H](OC(=O)c2ccccc2)[C@]2(O)C[C@H](OC(=O)[C@H](O)C(NC(=O)c3ccccc3)c3ccccc3)C(C)=C1C2(C)C. The molecule has 2 fully saturated rings. The van der Waals surface area contributed by atoms with Gasteiger partial charge in [0.2, 0.25) is 5.78 Å². The molecule has 15 nitrogen and oxygen atoms in total. The van der Waals surface area contributed by atoms with Crippen LogP contribution in [0.15, 0.2) is 113 Å². The number of benzene rings is 3. The van der Waals surface area contributed by atoms with Crippen molar-refractivity contribution in [3.63, 3.8) is 0 Å². The minimum Gasteiger partial charge on any atom is -0.512 e. The van der Waals surface area contributed by atoms with Crippen LogP contribution in [0.2, 0.25) is 0 Å². The van der Waals surface area contributed by atoms with Crippen LogP contribution in [0.1, 0.15) is 79.8 Å². The molecule has 4 N–H and O–H groups in total. The highest BCUT2D eigenvalue weighted by Crippen LogP contribution is 2.60. The molecule has 1 aliphatic heterocycles. The van der Waals surface area contributed by atoms with Crippen LogP contribution in [0, 0.1) is 11.3 Å². The summed E-state index contributed by atoms with van der Waals surface area (Å²) >= 11 is 0. The Labute approximate surface area is 351 Å². The Bertz CT molecular complexity index is 2310. The molecular weight excluding hydrogens is 790 g/mol.